The molecule has 4 rings (SSSR count). The van der Waals surface area contributed by atoms with Crippen LogP contribution in [0.3, 0.4) is 0 Å². The number of hydrogen-bond donors (Lipinski definition) is 1. The number of morpholine rings is 1. The van der Waals surface area contributed by atoms with Gasteiger partial charge < -0.3 is 9.47 Å². The van der Waals surface area contributed by atoms with Gasteiger partial charge in [0, 0.05) is 50.1 Å². The Morgan fingerprint density at radius 3 is 3.00 bits per heavy atom. The summed E-state index contributed by atoms with van der Waals surface area (Å²) < 4.78 is 13.7. The fourth-order valence-corrected chi connectivity index (χ4v) is 3.66. The van der Waals surface area contributed by atoms with Gasteiger partial charge in [-0.05, 0) is 25.1 Å². The topological polar surface area (TPSA) is 68.2 Å². The van der Waals surface area contributed by atoms with Crippen molar-refractivity contribution in [1.82, 2.24) is 24.9 Å². The van der Waals surface area contributed by atoms with Crippen molar-refractivity contribution in [2.24, 2.45) is 7.05 Å². The predicted molar refractivity (Wildman–Crippen MR) is 111 cm³/mol. The van der Waals surface area contributed by atoms with Crippen LogP contribution >= 0.6 is 11.6 Å². The lowest BCUT2D eigenvalue weighted by atomic mass is 10.1. The monoisotopic (exact) mass is 415 g/mol. The molecule has 1 aliphatic rings. The standard InChI is InChI=1S/C21H26ClN5O2/c1-15-16(12-23-26(15)2)13-27-8-10-29-21(14-27)19-11-17(24-25-19)7-9-28-20-6-4-3-5-18(20)22/h3-6,11-12,21H,7-10,13-14H2,1-2H3,(H,24,25). The molecule has 154 valence electrons. The van der Waals surface area contributed by atoms with Crippen molar-refractivity contribution in [1.29, 1.82) is 0 Å². The average molecular weight is 416 g/mol. The molecule has 3 heterocycles. The van der Waals surface area contributed by atoms with Crippen LogP contribution in [0.25, 0.3) is 0 Å². The van der Waals surface area contributed by atoms with E-state index in [0.29, 0.717) is 24.0 Å². The Morgan fingerprint density at radius 2 is 2.21 bits per heavy atom. The third kappa shape index (κ3) is 4.80. The van der Waals surface area contributed by atoms with Gasteiger partial charge in [-0.1, -0.05) is 23.7 Å². The van der Waals surface area contributed by atoms with Gasteiger partial charge in [-0.25, -0.2) is 0 Å². The average Bonchev–Trinajstić information content (AvgIpc) is 3.32. The number of aryl methyl sites for hydroxylation is 1. The predicted octanol–water partition coefficient (Wildman–Crippen LogP) is 3.30. The number of H-pyrrole nitrogens is 1. The van der Waals surface area contributed by atoms with Gasteiger partial charge in [-0.15, -0.1) is 0 Å². The number of hydrogen-bond acceptors (Lipinski definition) is 5. The fraction of sp³-hybridized carbons (Fsp3) is 0.429. The molecular weight excluding hydrogens is 390 g/mol. The second-order valence-corrected chi connectivity index (χ2v) is 7.73. The molecule has 0 aliphatic carbocycles. The highest BCUT2D eigenvalue weighted by Crippen LogP contribution is 2.25. The largest absolute Gasteiger partial charge is 0.492 e. The molecule has 1 saturated heterocycles. The van der Waals surface area contributed by atoms with Crippen LogP contribution in [0.5, 0.6) is 5.75 Å². The van der Waals surface area contributed by atoms with Gasteiger partial charge in [0.1, 0.15) is 11.9 Å². The van der Waals surface area contributed by atoms with E-state index in [1.807, 2.05) is 42.2 Å². The Kier molecular flexibility index (Phi) is 6.18. The van der Waals surface area contributed by atoms with Crippen LogP contribution in [-0.4, -0.2) is 51.2 Å². The van der Waals surface area contributed by atoms with Crippen molar-refractivity contribution < 1.29 is 9.47 Å². The molecule has 8 heteroatoms. The maximum Gasteiger partial charge on any atom is 0.137 e. The molecule has 7 nitrogen and oxygen atoms in total. The third-order valence-corrected chi connectivity index (χ3v) is 5.64. The molecule has 29 heavy (non-hydrogen) atoms. The van der Waals surface area contributed by atoms with E-state index in [1.165, 1.54) is 11.3 Å². The summed E-state index contributed by atoms with van der Waals surface area (Å²) >= 11 is 6.12. The number of benzene rings is 1. The molecule has 3 aromatic rings. The van der Waals surface area contributed by atoms with Crippen LogP contribution < -0.4 is 4.74 Å². The van der Waals surface area contributed by atoms with E-state index in [4.69, 9.17) is 21.1 Å². The molecule has 0 saturated carbocycles. The van der Waals surface area contributed by atoms with Crippen molar-refractivity contribution in [3.8, 4) is 5.75 Å². The van der Waals surface area contributed by atoms with Crippen molar-refractivity contribution in [2.75, 3.05) is 26.3 Å². The molecule has 1 atom stereocenters. The summed E-state index contributed by atoms with van der Waals surface area (Å²) in [5, 5.41) is 12.5. The molecule has 0 amide bonds. The molecule has 0 spiro atoms. The highest BCUT2D eigenvalue weighted by molar-refractivity contribution is 6.32. The first-order chi connectivity index (χ1) is 14.1. The van der Waals surface area contributed by atoms with Crippen LogP contribution in [0.2, 0.25) is 5.02 Å². The minimum atomic E-state index is -0.0322. The van der Waals surface area contributed by atoms with Crippen molar-refractivity contribution in [3.05, 3.63) is 64.2 Å². The summed E-state index contributed by atoms with van der Waals surface area (Å²) in [6, 6.07) is 9.56. The van der Waals surface area contributed by atoms with E-state index in [9.17, 15) is 0 Å². The Hall–Kier alpha value is -2.35. The molecular formula is C21H26ClN5O2. The van der Waals surface area contributed by atoms with Crippen LogP contribution in [0.4, 0.5) is 0 Å². The Labute approximate surface area is 175 Å². The smallest absolute Gasteiger partial charge is 0.137 e. The fourth-order valence-electron chi connectivity index (χ4n) is 3.47. The normalized spacial score (nSPS) is 17.6. The molecule has 1 fully saturated rings. The zero-order valence-corrected chi connectivity index (χ0v) is 17.5. The second kappa shape index (κ2) is 8.98. The second-order valence-electron chi connectivity index (χ2n) is 7.32. The summed E-state index contributed by atoms with van der Waals surface area (Å²) in [5.41, 5.74) is 4.42. The molecule has 1 N–H and O–H groups in total. The van der Waals surface area contributed by atoms with Gasteiger partial charge in [0.15, 0.2) is 0 Å². The number of rotatable bonds is 7. The summed E-state index contributed by atoms with van der Waals surface area (Å²) in [6.45, 7) is 5.93. The van der Waals surface area contributed by atoms with Gasteiger partial charge in [-0.2, -0.15) is 10.2 Å². The SMILES string of the molecule is Cc1c(CN2CCOC(c3cc(CCOc4ccccc4Cl)[nH]n3)C2)cnn1C. The Bertz CT molecular complexity index is 954. The van der Waals surface area contributed by atoms with E-state index in [2.05, 4.69) is 33.2 Å². The number of nitrogens with zero attached hydrogens (tertiary/aromatic N) is 4. The highest BCUT2D eigenvalue weighted by atomic mass is 35.5. The minimum Gasteiger partial charge on any atom is -0.492 e. The van der Waals surface area contributed by atoms with Gasteiger partial charge in [-0.3, -0.25) is 14.7 Å². The zero-order valence-electron chi connectivity index (χ0n) is 16.8. The van der Waals surface area contributed by atoms with Gasteiger partial charge in [0.25, 0.3) is 0 Å². The molecule has 1 aromatic carbocycles. The first kappa shape index (κ1) is 19.9. The first-order valence-electron chi connectivity index (χ1n) is 9.83. The van der Waals surface area contributed by atoms with E-state index in [0.717, 1.165) is 37.4 Å². The van der Waals surface area contributed by atoms with Gasteiger partial charge in [0.05, 0.1) is 30.1 Å². The Morgan fingerprint density at radius 1 is 1.34 bits per heavy atom. The van der Waals surface area contributed by atoms with E-state index in [-0.39, 0.29) is 6.10 Å². The summed E-state index contributed by atoms with van der Waals surface area (Å²) in [5.74, 6) is 0.700. The van der Waals surface area contributed by atoms with E-state index < -0.39 is 0 Å². The van der Waals surface area contributed by atoms with E-state index in [1.54, 1.807) is 0 Å². The maximum absolute atomic E-state index is 6.12. The molecule has 1 unspecified atom stereocenters. The lowest BCUT2D eigenvalue weighted by molar-refractivity contribution is -0.0350. The summed E-state index contributed by atoms with van der Waals surface area (Å²) in [6.07, 6.45) is 2.64. The van der Waals surface area contributed by atoms with Crippen LogP contribution in [-0.2, 0) is 24.8 Å². The summed E-state index contributed by atoms with van der Waals surface area (Å²) in [4.78, 5) is 2.40. The molecule has 0 bridgehead atoms. The summed E-state index contributed by atoms with van der Waals surface area (Å²) in [7, 11) is 1.97. The quantitative estimate of drug-likeness (QED) is 0.641. The number of aromatic amines is 1. The molecule has 0 radical (unpaired) electrons. The molecule has 1 aliphatic heterocycles. The van der Waals surface area contributed by atoms with E-state index >= 15 is 0 Å². The van der Waals surface area contributed by atoms with Crippen molar-refractivity contribution in [3.63, 3.8) is 0 Å². The van der Waals surface area contributed by atoms with Crippen molar-refractivity contribution >= 4 is 11.6 Å². The number of aromatic nitrogens is 4. The minimum absolute atomic E-state index is 0.0322. The first-order valence-corrected chi connectivity index (χ1v) is 10.2. The Balaban J connectivity index is 1.31. The zero-order chi connectivity index (χ0) is 20.2. The maximum atomic E-state index is 6.12. The third-order valence-electron chi connectivity index (χ3n) is 5.33. The molecule has 2 aromatic heterocycles. The van der Waals surface area contributed by atoms with Gasteiger partial charge >= 0.3 is 0 Å². The number of para-hydroxylation sites is 1. The number of ether oxygens (including phenoxy) is 2. The van der Waals surface area contributed by atoms with Crippen molar-refractivity contribution in [2.45, 2.75) is 26.0 Å². The van der Waals surface area contributed by atoms with Gasteiger partial charge in [0.2, 0.25) is 0 Å². The number of nitrogens with one attached hydrogen (secondary N) is 1. The van der Waals surface area contributed by atoms with Crippen LogP contribution in [0.1, 0.15) is 28.7 Å². The lowest BCUT2D eigenvalue weighted by Gasteiger charge is -2.32. The van der Waals surface area contributed by atoms with Crippen LogP contribution in [0.15, 0.2) is 36.5 Å². The highest BCUT2D eigenvalue weighted by Gasteiger charge is 2.25. The number of halogens is 1. The lowest BCUT2D eigenvalue weighted by Crippen LogP contribution is -2.38. The van der Waals surface area contributed by atoms with Crippen LogP contribution in [0, 0.1) is 6.92 Å².